The third-order valence-corrected chi connectivity index (χ3v) is 3.91. The summed E-state index contributed by atoms with van der Waals surface area (Å²) in [7, 11) is 0. The van der Waals surface area contributed by atoms with Crippen LogP contribution >= 0.6 is 11.8 Å². The standard InChI is InChI=1S/C14H16N2O3S/c17-12(9-16-8-4-7-14(16)19)15-13(18)10-20-11-5-2-1-3-6-11/h1-3,5-6H,4,7-10H2,(H,15,17,18). The second kappa shape index (κ2) is 7.09. The van der Waals surface area contributed by atoms with Crippen molar-refractivity contribution in [3.8, 4) is 0 Å². The van der Waals surface area contributed by atoms with Gasteiger partial charge in [0.05, 0.1) is 12.3 Å². The van der Waals surface area contributed by atoms with E-state index >= 15 is 0 Å². The molecule has 6 heteroatoms. The Morgan fingerprint density at radius 2 is 1.95 bits per heavy atom. The summed E-state index contributed by atoms with van der Waals surface area (Å²) in [6, 6.07) is 9.50. The summed E-state index contributed by atoms with van der Waals surface area (Å²) in [5, 5.41) is 2.31. The van der Waals surface area contributed by atoms with Crippen molar-refractivity contribution >= 4 is 29.5 Å². The predicted octanol–water partition coefficient (Wildman–Crippen LogP) is 1.04. The number of carbonyl (C=O) groups excluding carboxylic acids is 3. The summed E-state index contributed by atoms with van der Waals surface area (Å²) in [6.07, 6.45) is 1.27. The minimum absolute atomic E-state index is 0.0220. The topological polar surface area (TPSA) is 66.5 Å². The van der Waals surface area contributed by atoms with Gasteiger partial charge in [0.2, 0.25) is 17.7 Å². The summed E-state index contributed by atoms with van der Waals surface area (Å²) in [4.78, 5) is 37.1. The molecule has 1 N–H and O–H groups in total. The summed E-state index contributed by atoms with van der Waals surface area (Å²) in [5.41, 5.74) is 0. The van der Waals surface area contributed by atoms with Crippen molar-refractivity contribution in [2.24, 2.45) is 0 Å². The van der Waals surface area contributed by atoms with E-state index in [0.29, 0.717) is 13.0 Å². The molecule has 1 aliphatic heterocycles. The van der Waals surface area contributed by atoms with Gasteiger partial charge in [-0.2, -0.15) is 0 Å². The van der Waals surface area contributed by atoms with Crippen LogP contribution in [0.2, 0.25) is 0 Å². The second-order valence-electron chi connectivity index (χ2n) is 4.49. The molecule has 1 aromatic rings. The molecule has 3 amide bonds. The van der Waals surface area contributed by atoms with Crippen LogP contribution in [0.5, 0.6) is 0 Å². The fraction of sp³-hybridized carbons (Fsp3) is 0.357. The van der Waals surface area contributed by atoms with Gasteiger partial charge >= 0.3 is 0 Å². The number of hydrogen-bond acceptors (Lipinski definition) is 4. The fourth-order valence-electron chi connectivity index (χ4n) is 1.94. The zero-order chi connectivity index (χ0) is 14.4. The van der Waals surface area contributed by atoms with Gasteiger partial charge in [0, 0.05) is 17.9 Å². The van der Waals surface area contributed by atoms with E-state index in [2.05, 4.69) is 5.32 Å². The van der Waals surface area contributed by atoms with Gasteiger partial charge in [0.25, 0.3) is 0 Å². The van der Waals surface area contributed by atoms with Crippen molar-refractivity contribution in [1.29, 1.82) is 0 Å². The number of nitrogens with zero attached hydrogens (tertiary/aromatic N) is 1. The van der Waals surface area contributed by atoms with Crippen LogP contribution in [0.1, 0.15) is 12.8 Å². The molecule has 0 radical (unpaired) electrons. The summed E-state index contributed by atoms with van der Waals surface area (Å²) >= 11 is 1.37. The van der Waals surface area contributed by atoms with Crippen LogP contribution in [0.4, 0.5) is 0 Å². The third-order valence-electron chi connectivity index (χ3n) is 2.90. The van der Waals surface area contributed by atoms with Crippen LogP contribution in [0.25, 0.3) is 0 Å². The third kappa shape index (κ3) is 4.38. The Morgan fingerprint density at radius 1 is 1.20 bits per heavy atom. The molecule has 0 bridgehead atoms. The molecule has 1 aromatic carbocycles. The number of thioether (sulfide) groups is 1. The van der Waals surface area contributed by atoms with Crippen molar-refractivity contribution in [1.82, 2.24) is 10.2 Å². The molecule has 0 spiro atoms. The first-order chi connectivity index (χ1) is 9.65. The summed E-state index contributed by atoms with van der Waals surface area (Å²) < 4.78 is 0. The van der Waals surface area contributed by atoms with Crippen molar-refractivity contribution in [3.63, 3.8) is 0 Å². The zero-order valence-electron chi connectivity index (χ0n) is 11.0. The van der Waals surface area contributed by atoms with E-state index in [1.165, 1.54) is 16.7 Å². The maximum absolute atomic E-state index is 11.6. The smallest absolute Gasteiger partial charge is 0.246 e. The van der Waals surface area contributed by atoms with E-state index in [0.717, 1.165) is 11.3 Å². The van der Waals surface area contributed by atoms with Crippen molar-refractivity contribution < 1.29 is 14.4 Å². The number of rotatable bonds is 5. The van der Waals surface area contributed by atoms with Gasteiger partial charge in [0.1, 0.15) is 0 Å². The van der Waals surface area contributed by atoms with E-state index in [9.17, 15) is 14.4 Å². The number of amides is 3. The largest absolute Gasteiger partial charge is 0.333 e. The fourth-order valence-corrected chi connectivity index (χ4v) is 2.66. The van der Waals surface area contributed by atoms with E-state index < -0.39 is 5.91 Å². The summed E-state index contributed by atoms with van der Waals surface area (Å²) in [6.45, 7) is 0.569. The van der Waals surface area contributed by atoms with E-state index in [1.807, 2.05) is 30.3 Å². The van der Waals surface area contributed by atoms with Crippen molar-refractivity contribution in [2.75, 3.05) is 18.8 Å². The van der Waals surface area contributed by atoms with Gasteiger partial charge in [-0.25, -0.2) is 0 Å². The van der Waals surface area contributed by atoms with Crippen LogP contribution in [0, 0.1) is 0 Å². The Hall–Kier alpha value is -1.82. The molecule has 2 rings (SSSR count). The van der Waals surface area contributed by atoms with Crippen LogP contribution in [0.15, 0.2) is 35.2 Å². The van der Waals surface area contributed by atoms with Crippen LogP contribution < -0.4 is 5.32 Å². The minimum Gasteiger partial charge on any atom is -0.333 e. The van der Waals surface area contributed by atoms with Gasteiger partial charge in [0.15, 0.2) is 0 Å². The number of carbonyl (C=O) groups is 3. The first-order valence-corrected chi connectivity index (χ1v) is 7.42. The molecule has 0 aromatic heterocycles. The number of hydrogen-bond donors (Lipinski definition) is 1. The van der Waals surface area contributed by atoms with Gasteiger partial charge in [-0.05, 0) is 18.6 Å². The lowest BCUT2D eigenvalue weighted by Gasteiger charge is -2.14. The Kier molecular flexibility index (Phi) is 5.17. The van der Waals surface area contributed by atoms with Gasteiger partial charge < -0.3 is 4.90 Å². The van der Waals surface area contributed by atoms with Gasteiger partial charge in [-0.3, -0.25) is 19.7 Å². The number of benzene rings is 1. The molecule has 0 saturated carbocycles. The molecule has 106 valence electrons. The van der Waals surface area contributed by atoms with Gasteiger partial charge in [-0.1, -0.05) is 18.2 Å². The molecule has 1 heterocycles. The maximum atomic E-state index is 11.6. The SMILES string of the molecule is O=C(CSc1ccccc1)NC(=O)CN1CCCC1=O. The zero-order valence-corrected chi connectivity index (χ0v) is 11.8. The lowest BCUT2D eigenvalue weighted by molar-refractivity contribution is -0.135. The van der Waals surface area contributed by atoms with E-state index in [-0.39, 0.29) is 24.1 Å². The van der Waals surface area contributed by atoms with Crippen molar-refractivity contribution in [2.45, 2.75) is 17.7 Å². The maximum Gasteiger partial charge on any atom is 0.246 e. The molecule has 0 atom stereocenters. The molecule has 0 aliphatic carbocycles. The monoisotopic (exact) mass is 292 g/mol. The molecular weight excluding hydrogens is 276 g/mol. The highest BCUT2D eigenvalue weighted by Gasteiger charge is 2.22. The average molecular weight is 292 g/mol. The predicted molar refractivity (Wildman–Crippen MR) is 76.1 cm³/mol. The van der Waals surface area contributed by atoms with E-state index in [1.54, 1.807) is 0 Å². The first-order valence-electron chi connectivity index (χ1n) is 6.43. The normalized spacial score (nSPS) is 14.4. The lowest BCUT2D eigenvalue weighted by atomic mass is 10.4. The lowest BCUT2D eigenvalue weighted by Crippen LogP contribution is -2.41. The Morgan fingerprint density at radius 3 is 2.60 bits per heavy atom. The number of nitrogens with one attached hydrogen (secondary N) is 1. The van der Waals surface area contributed by atoms with Crippen LogP contribution in [0.3, 0.4) is 0 Å². The number of imide groups is 1. The van der Waals surface area contributed by atoms with Crippen LogP contribution in [-0.4, -0.2) is 41.5 Å². The molecule has 1 fully saturated rings. The molecule has 1 saturated heterocycles. The number of likely N-dealkylation sites (tertiary alicyclic amines) is 1. The van der Waals surface area contributed by atoms with Crippen LogP contribution in [-0.2, 0) is 14.4 Å². The highest BCUT2D eigenvalue weighted by Crippen LogP contribution is 2.16. The molecule has 5 nitrogen and oxygen atoms in total. The molecule has 0 unspecified atom stereocenters. The molecule has 20 heavy (non-hydrogen) atoms. The Balaban J connectivity index is 1.71. The molecular formula is C14H16N2O3S. The van der Waals surface area contributed by atoms with E-state index in [4.69, 9.17) is 0 Å². The molecule has 1 aliphatic rings. The average Bonchev–Trinajstić information content (AvgIpc) is 2.83. The Labute approximate surface area is 121 Å². The highest BCUT2D eigenvalue weighted by atomic mass is 32.2. The second-order valence-corrected chi connectivity index (χ2v) is 5.54. The summed E-state index contributed by atoms with van der Waals surface area (Å²) in [5.74, 6) is -0.593. The van der Waals surface area contributed by atoms with Gasteiger partial charge in [-0.15, -0.1) is 11.8 Å². The minimum atomic E-state index is -0.418. The highest BCUT2D eigenvalue weighted by molar-refractivity contribution is 8.00. The first kappa shape index (κ1) is 14.6. The Bertz CT molecular complexity index is 504. The quantitative estimate of drug-likeness (QED) is 0.824. The van der Waals surface area contributed by atoms with Crippen molar-refractivity contribution in [3.05, 3.63) is 30.3 Å².